The molecule has 0 saturated heterocycles. The van der Waals surface area contributed by atoms with E-state index >= 15 is 0 Å². The van der Waals surface area contributed by atoms with Gasteiger partial charge in [-0.15, -0.1) is 0 Å². The van der Waals surface area contributed by atoms with Crippen LogP contribution >= 0.6 is 0 Å². The lowest BCUT2D eigenvalue weighted by Crippen LogP contribution is -2.47. The van der Waals surface area contributed by atoms with Gasteiger partial charge in [-0.05, 0) is 13.3 Å². The minimum Gasteiger partial charge on any atom is -0.480 e. The second-order valence-electron chi connectivity index (χ2n) is 4.68. The van der Waals surface area contributed by atoms with E-state index in [0.717, 1.165) is 5.56 Å². The zero-order valence-corrected chi connectivity index (χ0v) is 11.0. The van der Waals surface area contributed by atoms with Crippen molar-refractivity contribution in [3.8, 4) is 0 Å². The zero-order chi connectivity index (χ0) is 14.0. The van der Waals surface area contributed by atoms with Crippen molar-refractivity contribution in [1.82, 2.24) is 4.90 Å². The van der Waals surface area contributed by atoms with Crippen LogP contribution in [-0.2, 0) is 9.59 Å². The minimum absolute atomic E-state index is 0.321. The number of benzene rings is 1. The first kappa shape index (κ1) is 13.3. The number of carbonyl (C=O) groups excluding carboxylic acids is 1. The summed E-state index contributed by atoms with van der Waals surface area (Å²) in [4.78, 5) is 29.0. The smallest absolute Gasteiger partial charge is 0.323 e. The van der Waals surface area contributed by atoms with E-state index in [1.54, 1.807) is 19.1 Å². The molecule has 0 fully saturated rings. The molecule has 1 unspecified atom stereocenters. The summed E-state index contributed by atoms with van der Waals surface area (Å²) < 4.78 is 0. The summed E-state index contributed by atoms with van der Waals surface area (Å²) >= 11 is 0. The SMILES string of the molecule is CCC1(C)N=C(c2ccccc2)C(=O)N1CC(=O)O. The number of hydrogen-bond acceptors (Lipinski definition) is 3. The lowest BCUT2D eigenvalue weighted by atomic mass is 10.1. The molecule has 0 radical (unpaired) electrons. The van der Waals surface area contributed by atoms with Crippen molar-refractivity contribution in [2.24, 2.45) is 4.99 Å². The average Bonchev–Trinajstić information content (AvgIpc) is 2.65. The molecule has 0 saturated carbocycles. The highest BCUT2D eigenvalue weighted by Gasteiger charge is 2.43. The van der Waals surface area contributed by atoms with Crippen molar-refractivity contribution in [3.63, 3.8) is 0 Å². The maximum atomic E-state index is 12.3. The fourth-order valence-corrected chi connectivity index (χ4v) is 2.13. The fraction of sp³-hybridized carbons (Fsp3) is 0.357. The van der Waals surface area contributed by atoms with Gasteiger partial charge in [0.1, 0.15) is 17.9 Å². The number of carbonyl (C=O) groups is 2. The van der Waals surface area contributed by atoms with E-state index in [0.29, 0.717) is 12.1 Å². The van der Waals surface area contributed by atoms with Gasteiger partial charge in [0, 0.05) is 5.56 Å². The Morgan fingerprint density at radius 2 is 2.00 bits per heavy atom. The van der Waals surface area contributed by atoms with Crippen molar-refractivity contribution in [1.29, 1.82) is 0 Å². The third-order valence-electron chi connectivity index (χ3n) is 3.39. The van der Waals surface area contributed by atoms with Crippen molar-refractivity contribution in [2.45, 2.75) is 25.9 Å². The second-order valence-corrected chi connectivity index (χ2v) is 4.68. The first-order valence-electron chi connectivity index (χ1n) is 6.17. The number of aliphatic imine (C=N–C) groups is 1. The molecule has 5 nitrogen and oxygen atoms in total. The van der Waals surface area contributed by atoms with E-state index in [1.807, 2.05) is 25.1 Å². The van der Waals surface area contributed by atoms with E-state index in [2.05, 4.69) is 4.99 Å². The van der Waals surface area contributed by atoms with Crippen LogP contribution in [0.3, 0.4) is 0 Å². The van der Waals surface area contributed by atoms with Crippen molar-refractivity contribution in [3.05, 3.63) is 35.9 Å². The number of aliphatic carboxylic acids is 1. The zero-order valence-electron chi connectivity index (χ0n) is 11.0. The summed E-state index contributed by atoms with van der Waals surface area (Å²) in [5.41, 5.74) is 0.284. The van der Waals surface area contributed by atoms with E-state index in [9.17, 15) is 9.59 Å². The third-order valence-corrected chi connectivity index (χ3v) is 3.39. The van der Waals surface area contributed by atoms with E-state index in [4.69, 9.17) is 5.11 Å². The number of hydrogen-bond donors (Lipinski definition) is 1. The summed E-state index contributed by atoms with van der Waals surface area (Å²) in [6, 6.07) is 9.12. The van der Waals surface area contributed by atoms with Crippen LogP contribution in [0.4, 0.5) is 0 Å². The molecule has 1 N–H and O–H groups in total. The Labute approximate surface area is 111 Å². The summed E-state index contributed by atoms with van der Waals surface area (Å²) in [7, 11) is 0. The second kappa shape index (κ2) is 4.84. The maximum absolute atomic E-state index is 12.3. The molecule has 1 aromatic carbocycles. The lowest BCUT2D eigenvalue weighted by molar-refractivity contribution is -0.144. The largest absolute Gasteiger partial charge is 0.480 e. The molecule has 1 heterocycles. The van der Waals surface area contributed by atoms with E-state index in [1.165, 1.54) is 4.90 Å². The average molecular weight is 260 g/mol. The highest BCUT2D eigenvalue weighted by molar-refractivity contribution is 6.46. The Morgan fingerprint density at radius 1 is 1.37 bits per heavy atom. The topological polar surface area (TPSA) is 70.0 Å². The number of nitrogens with zero attached hydrogens (tertiary/aromatic N) is 2. The fourth-order valence-electron chi connectivity index (χ4n) is 2.13. The van der Waals surface area contributed by atoms with Gasteiger partial charge >= 0.3 is 5.97 Å². The first-order chi connectivity index (χ1) is 8.98. The predicted molar refractivity (Wildman–Crippen MR) is 71.0 cm³/mol. The van der Waals surface area contributed by atoms with Crippen LogP contribution in [0.15, 0.2) is 35.3 Å². The van der Waals surface area contributed by atoms with Crippen LogP contribution in [0.2, 0.25) is 0 Å². The molecule has 1 amide bonds. The Morgan fingerprint density at radius 3 is 2.53 bits per heavy atom. The molecule has 19 heavy (non-hydrogen) atoms. The van der Waals surface area contributed by atoms with Crippen molar-refractivity contribution in [2.75, 3.05) is 6.54 Å². The molecule has 1 atom stereocenters. The van der Waals surface area contributed by atoms with Gasteiger partial charge < -0.3 is 10.0 Å². The monoisotopic (exact) mass is 260 g/mol. The van der Waals surface area contributed by atoms with Gasteiger partial charge in [0.15, 0.2) is 0 Å². The normalized spacial score (nSPS) is 22.5. The molecular formula is C14H16N2O3. The highest BCUT2D eigenvalue weighted by atomic mass is 16.4. The van der Waals surface area contributed by atoms with Gasteiger partial charge in [-0.3, -0.25) is 14.6 Å². The van der Waals surface area contributed by atoms with Crippen LogP contribution in [0, 0.1) is 0 Å². The Kier molecular flexibility index (Phi) is 3.38. The molecule has 0 spiro atoms. The minimum atomic E-state index is -1.03. The molecule has 1 aliphatic heterocycles. The van der Waals surface area contributed by atoms with Crippen LogP contribution in [0.5, 0.6) is 0 Å². The van der Waals surface area contributed by atoms with Crippen molar-refractivity contribution < 1.29 is 14.7 Å². The Hall–Kier alpha value is -2.17. The van der Waals surface area contributed by atoms with Gasteiger partial charge in [-0.2, -0.15) is 0 Å². The molecule has 1 aromatic rings. The molecular weight excluding hydrogens is 244 g/mol. The van der Waals surface area contributed by atoms with E-state index in [-0.39, 0.29) is 12.5 Å². The number of amides is 1. The van der Waals surface area contributed by atoms with E-state index < -0.39 is 11.6 Å². The predicted octanol–water partition coefficient (Wildman–Crippen LogP) is 1.53. The third kappa shape index (κ3) is 2.36. The van der Waals surface area contributed by atoms with Gasteiger partial charge in [0.25, 0.3) is 5.91 Å². The summed E-state index contributed by atoms with van der Waals surface area (Å²) in [5.74, 6) is -1.35. The Balaban J connectivity index is 2.40. The van der Waals surface area contributed by atoms with Gasteiger partial charge in [0.05, 0.1) is 0 Å². The molecule has 0 aromatic heterocycles. The summed E-state index contributed by atoms with van der Waals surface area (Å²) in [6.07, 6.45) is 0.572. The lowest BCUT2D eigenvalue weighted by Gasteiger charge is -2.30. The first-order valence-corrected chi connectivity index (χ1v) is 6.17. The van der Waals surface area contributed by atoms with Crippen LogP contribution in [-0.4, -0.2) is 39.8 Å². The molecule has 100 valence electrons. The Bertz CT molecular complexity index is 539. The molecule has 0 bridgehead atoms. The number of carboxylic acid groups (broad SMARTS) is 1. The molecule has 1 aliphatic rings. The van der Waals surface area contributed by atoms with Gasteiger partial charge in [-0.25, -0.2) is 0 Å². The number of carboxylic acids is 1. The van der Waals surface area contributed by atoms with Crippen LogP contribution in [0.25, 0.3) is 0 Å². The molecule has 5 heteroatoms. The highest BCUT2D eigenvalue weighted by Crippen LogP contribution is 2.29. The van der Waals surface area contributed by atoms with Crippen LogP contribution in [0.1, 0.15) is 25.8 Å². The van der Waals surface area contributed by atoms with Gasteiger partial charge in [0.2, 0.25) is 0 Å². The molecule has 0 aliphatic carbocycles. The van der Waals surface area contributed by atoms with Gasteiger partial charge in [-0.1, -0.05) is 37.3 Å². The molecule has 2 rings (SSSR count). The number of rotatable bonds is 4. The summed E-state index contributed by atoms with van der Waals surface area (Å²) in [5, 5.41) is 8.93. The van der Waals surface area contributed by atoms with Crippen molar-refractivity contribution >= 4 is 17.6 Å². The maximum Gasteiger partial charge on any atom is 0.323 e. The quantitative estimate of drug-likeness (QED) is 0.892. The van der Waals surface area contributed by atoms with Crippen LogP contribution < -0.4 is 0 Å². The standard InChI is InChI=1S/C14H16N2O3/c1-3-14(2)15-12(10-7-5-4-6-8-10)13(19)16(14)9-11(17)18/h4-8H,3,9H2,1-2H3,(H,17,18). The summed E-state index contributed by atoms with van der Waals surface area (Å²) in [6.45, 7) is 3.34.